The normalized spacial score (nSPS) is 16.9. The summed E-state index contributed by atoms with van der Waals surface area (Å²) in [5.74, 6) is 0. The lowest BCUT2D eigenvalue weighted by Crippen LogP contribution is -2.43. The highest BCUT2D eigenvalue weighted by molar-refractivity contribution is 7.89. The molecule has 1 aliphatic rings. The number of aryl methyl sites for hydroxylation is 2. The van der Waals surface area contributed by atoms with Crippen molar-refractivity contribution in [2.75, 3.05) is 6.54 Å². The van der Waals surface area contributed by atoms with Gasteiger partial charge in [-0.2, -0.15) is 9.40 Å². The second-order valence-corrected chi connectivity index (χ2v) is 7.57. The van der Waals surface area contributed by atoms with Crippen LogP contribution in [0, 0.1) is 13.8 Å². The molecule has 8 heteroatoms. The minimum absolute atomic E-state index is 0.0183. The van der Waals surface area contributed by atoms with Gasteiger partial charge in [0, 0.05) is 6.04 Å². The van der Waals surface area contributed by atoms with E-state index < -0.39 is 10.0 Å². The van der Waals surface area contributed by atoms with E-state index in [0.717, 1.165) is 25.7 Å². The van der Waals surface area contributed by atoms with Crippen LogP contribution in [0.15, 0.2) is 4.90 Å². The van der Waals surface area contributed by atoms with Crippen LogP contribution < -0.4 is 5.73 Å². The largest absolute Gasteiger partial charge is 0.392 e. The summed E-state index contributed by atoms with van der Waals surface area (Å²) in [6, 6.07) is -0.0183. The van der Waals surface area contributed by atoms with E-state index in [2.05, 4.69) is 10.2 Å². The van der Waals surface area contributed by atoms with E-state index in [1.807, 2.05) is 0 Å². The highest BCUT2D eigenvalue weighted by Gasteiger charge is 2.36. The number of hydrogen-bond donors (Lipinski definition) is 2. The molecule has 112 valence electrons. The molecule has 2 rings (SSSR count). The maximum Gasteiger partial charge on any atom is 0.247 e. The van der Waals surface area contributed by atoms with E-state index in [1.165, 1.54) is 4.31 Å². The molecule has 20 heavy (non-hydrogen) atoms. The van der Waals surface area contributed by atoms with Gasteiger partial charge in [-0.1, -0.05) is 25.1 Å². The summed E-state index contributed by atoms with van der Waals surface area (Å²) in [5, 5.41) is 6.70. The van der Waals surface area contributed by atoms with Gasteiger partial charge in [0.2, 0.25) is 10.0 Å². The first-order chi connectivity index (χ1) is 9.34. The maximum atomic E-state index is 12.9. The molecule has 0 bridgehead atoms. The average molecular weight is 316 g/mol. The van der Waals surface area contributed by atoms with Crippen molar-refractivity contribution in [1.29, 1.82) is 0 Å². The molecule has 0 saturated heterocycles. The van der Waals surface area contributed by atoms with Gasteiger partial charge >= 0.3 is 0 Å². The Balaban J connectivity index is 2.43. The van der Waals surface area contributed by atoms with Gasteiger partial charge in [-0.3, -0.25) is 5.10 Å². The first kappa shape index (κ1) is 15.4. The van der Waals surface area contributed by atoms with Crippen LogP contribution in [0.25, 0.3) is 0 Å². The highest BCUT2D eigenvalue weighted by atomic mass is 32.2. The Morgan fingerprint density at radius 2 is 2.05 bits per heavy atom. The van der Waals surface area contributed by atoms with Crippen LogP contribution in [0.3, 0.4) is 0 Å². The summed E-state index contributed by atoms with van der Waals surface area (Å²) < 4.78 is 27.3. The quantitative estimate of drug-likeness (QED) is 0.798. The summed E-state index contributed by atoms with van der Waals surface area (Å²) in [6.07, 6.45) is 3.80. The van der Waals surface area contributed by atoms with Gasteiger partial charge < -0.3 is 5.73 Å². The molecule has 1 fully saturated rings. The molecule has 1 saturated carbocycles. The topological polar surface area (TPSA) is 92.1 Å². The zero-order chi connectivity index (χ0) is 14.9. The van der Waals surface area contributed by atoms with Gasteiger partial charge in [0.25, 0.3) is 0 Å². The molecule has 0 radical (unpaired) electrons. The van der Waals surface area contributed by atoms with Crippen molar-refractivity contribution < 1.29 is 8.42 Å². The van der Waals surface area contributed by atoms with E-state index in [1.54, 1.807) is 13.8 Å². The fraction of sp³-hybridized carbons (Fsp3) is 0.667. The lowest BCUT2D eigenvalue weighted by molar-refractivity contribution is 0.354. The third-order valence-electron chi connectivity index (χ3n) is 3.67. The zero-order valence-corrected chi connectivity index (χ0v) is 13.4. The van der Waals surface area contributed by atoms with Crippen LogP contribution in [0.1, 0.15) is 37.1 Å². The minimum atomic E-state index is -3.63. The van der Waals surface area contributed by atoms with Crippen LogP contribution in [-0.2, 0) is 10.0 Å². The molecule has 0 aromatic carbocycles. The lowest BCUT2D eigenvalue weighted by atomic mass is 10.2. The van der Waals surface area contributed by atoms with Gasteiger partial charge in [0.15, 0.2) is 0 Å². The monoisotopic (exact) mass is 316 g/mol. The SMILES string of the molecule is Cc1n[nH]c(C)c1S(=O)(=O)N(CC(N)=S)C1CCCC1. The van der Waals surface area contributed by atoms with Crippen LogP contribution >= 0.6 is 12.2 Å². The van der Waals surface area contributed by atoms with Gasteiger partial charge in [-0.15, -0.1) is 0 Å². The van der Waals surface area contributed by atoms with Crippen LogP contribution in [-0.4, -0.2) is 40.5 Å². The molecule has 1 heterocycles. The number of hydrogen-bond acceptors (Lipinski definition) is 4. The van der Waals surface area contributed by atoms with Crippen LogP contribution in [0.5, 0.6) is 0 Å². The number of rotatable bonds is 5. The number of nitrogens with zero attached hydrogens (tertiary/aromatic N) is 2. The summed E-state index contributed by atoms with van der Waals surface area (Å²) >= 11 is 4.92. The van der Waals surface area contributed by atoms with E-state index in [4.69, 9.17) is 18.0 Å². The number of nitrogens with one attached hydrogen (secondary N) is 1. The Hall–Kier alpha value is -0.990. The Bertz CT molecular complexity index is 583. The number of aromatic nitrogens is 2. The van der Waals surface area contributed by atoms with Gasteiger partial charge in [0.1, 0.15) is 4.90 Å². The molecule has 0 aliphatic heterocycles. The molecule has 1 aromatic rings. The van der Waals surface area contributed by atoms with Crippen LogP contribution in [0.2, 0.25) is 0 Å². The van der Waals surface area contributed by atoms with Gasteiger partial charge in [0.05, 0.1) is 22.9 Å². The number of thiocarbonyl (C=S) groups is 1. The minimum Gasteiger partial charge on any atom is -0.392 e. The molecule has 3 N–H and O–H groups in total. The highest BCUT2D eigenvalue weighted by Crippen LogP contribution is 2.30. The van der Waals surface area contributed by atoms with Crippen molar-refractivity contribution in [3.63, 3.8) is 0 Å². The Morgan fingerprint density at radius 1 is 1.45 bits per heavy atom. The Labute approximate surface area is 124 Å². The molecule has 1 aliphatic carbocycles. The van der Waals surface area contributed by atoms with Crippen molar-refractivity contribution in [3.05, 3.63) is 11.4 Å². The number of nitrogens with two attached hydrogens (primary N) is 1. The molecular formula is C12H20N4O2S2. The molecule has 0 unspecified atom stereocenters. The summed E-state index contributed by atoms with van der Waals surface area (Å²) in [4.78, 5) is 0.444. The van der Waals surface area contributed by atoms with Crippen LogP contribution in [0.4, 0.5) is 0 Å². The number of H-pyrrole nitrogens is 1. The van der Waals surface area contributed by atoms with Crippen molar-refractivity contribution >= 4 is 27.2 Å². The predicted octanol–water partition coefficient (Wildman–Crippen LogP) is 1.25. The third kappa shape index (κ3) is 2.87. The summed E-state index contributed by atoms with van der Waals surface area (Å²) in [5.41, 5.74) is 6.62. The third-order valence-corrected chi connectivity index (χ3v) is 5.96. The molecule has 6 nitrogen and oxygen atoms in total. The van der Waals surface area contributed by atoms with E-state index >= 15 is 0 Å². The molecule has 0 atom stereocenters. The van der Waals surface area contributed by atoms with E-state index in [0.29, 0.717) is 11.4 Å². The molecule has 0 spiro atoms. The molecule has 1 aromatic heterocycles. The van der Waals surface area contributed by atoms with Crippen molar-refractivity contribution in [1.82, 2.24) is 14.5 Å². The fourth-order valence-corrected chi connectivity index (χ4v) is 5.01. The summed E-state index contributed by atoms with van der Waals surface area (Å²) in [6.45, 7) is 3.48. The summed E-state index contributed by atoms with van der Waals surface area (Å²) in [7, 11) is -3.63. The Kier molecular flexibility index (Phi) is 4.46. The molecule has 0 amide bonds. The molecular weight excluding hydrogens is 296 g/mol. The zero-order valence-electron chi connectivity index (χ0n) is 11.7. The first-order valence-corrected chi connectivity index (χ1v) is 8.50. The van der Waals surface area contributed by atoms with Crippen molar-refractivity contribution in [2.24, 2.45) is 5.73 Å². The second kappa shape index (κ2) is 5.79. The maximum absolute atomic E-state index is 12.9. The second-order valence-electron chi connectivity index (χ2n) is 5.22. The lowest BCUT2D eigenvalue weighted by Gasteiger charge is -2.27. The van der Waals surface area contributed by atoms with Gasteiger partial charge in [-0.05, 0) is 26.7 Å². The van der Waals surface area contributed by atoms with Crippen molar-refractivity contribution in [3.8, 4) is 0 Å². The Morgan fingerprint density at radius 3 is 2.50 bits per heavy atom. The average Bonchev–Trinajstić information content (AvgIpc) is 2.96. The van der Waals surface area contributed by atoms with Gasteiger partial charge in [-0.25, -0.2) is 8.42 Å². The predicted molar refractivity (Wildman–Crippen MR) is 81.0 cm³/mol. The first-order valence-electron chi connectivity index (χ1n) is 6.65. The number of sulfonamides is 1. The van der Waals surface area contributed by atoms with E-state index in [-0.39, 0.29) is 22.5 Å². The number of aromatic amines is 1. The smallest absolute Gasteiger partial charge is 0.247 e. The van der Waals surface area contributed by atoms with E-state index in [9.17, 15) is 8.42 Å². The standard InChI is InChI=1S/C12H20N4O2S2/c1-8-12(9(2)15-14-8)20(17,18)16(7-11(13)19)10-5-3-4-6-10/h10H,3-7H2,1-2H3,(H2,13,19)(H,14,15). The van der Waals surface area contributed by atoms with Crippen molar-refractivity contribution in [2.45, 2.75) is 50.5 Å². The fourth-order valence-electron chi connectivity index (χ4n) is 2.79.